The second-order valence-electron chi connectivity index (χ2n) is 7.45. The number of para-hydroxylation sites is 2. The summed E-state index contributed by atoms with van der Waals surface area (Å²) < 4.78 is 5.11. The monoisotopic (exact) mass is 561 g/mol. The molecule has 31 heavy (non-hydrogen) atoms. The van der Waals surface area contributed by atoms with Gasteiger partial charge in [-0.05, 0) is 0 Å². The third-order valence-corrected chi connectivity index (χ3v) is 10.7. The Kier molecular flexibility index (Phi) is 5.37. The van der Waals surface area contributed by atoms with Gasteiger partial charge in [-0.1, -0.05) is 0 Å². The van der Waals surface area contributed by atoms with E-state index in [1.54, 1.807) is 14.1 Å². The molecule has 0 saturated carbocycles. The van der Waals surface area contributed by atoms with E-state index in [-0.39, 0.29) is 46.4 Å². The van der Waals surface area contributed by atoms with Crippen LogP contribution >= 0.6 is 12.2 Å². The molecule has 0 atom stereocenters. The molecule has 0 unspecified atom stereocenters. The predicted molar refractivity (Wildman–Crippen MR) is 128 cm³/mol. The van der Waals surface area contributed by atoms with Crippen molar-refractivity contribution in [2.24, 2.45) is 5.92 Å². The minimum atomic E-state index is -0.702. The SMILES string of the molecule is CN1C(=O)C(Cc2ccc(N3c4ccccc4[Se]c4ccccc43)[se]2)C(=O)N(C)C1=S. The summed E-state index contributed by atoms with van der Waals surface area (Å²) in [5, 5.41) is 0.263. The van der Waals surface area contributed by atoms with Crippen molar-refractivity contribution in [3.63, 3.8) is 0 Å². The molecular formula is C23H19N3O2SSe2. The minimum absolute atomic E-state index is 0.0280. The number of rotatable bonds is 3. The van der Waals surface area contributed by atoms with Crippen LogP contribution in [0.4, 0.5) is 15.9 Å². The number of anilines is 3. The molecule has 3 heterocycles. The van der Waals surface area contributed by atoms with Crippen molar-refractivity contribution >= 4 is 83.5 Å². The molecular weight excluding hydrogens is 540 g/mol. The van der Waals surface area contributed by atoms with Crippen molar-refractivity contribution in [1.82, 2.24) is 9.80 Å². The van der Waals surface area contributed by atoms with Crippen molar-refractivity contribution < 1.29 is 9.59 Å². The van der Waals surface area contributed by atoms with E-state index in [4.69, 9.17) is 12.2 Å². The fourth-order valence-corrected chi connectivity index (χ4v) is 8.56. The Labute approximate surface area is 198 Å². The van der Waals surface area contributed by atoms with Gasteiger partial charge in [0.25, 0.3) is 0 Å². The van der Waals surface area contributed by atoms with E-state index in [1.165, 1.54) is 34.7 Å². The first-order valence-corrected chi connectivity index (χ1v) is 13.6. The zero-order chi connectivity index (χ0) is 21.7. The normalized spacial score (nSPS) is 16.6. The number of carbonyl (C=O) groups is 2. The third kappa shape index (κ3) is 3.49. The number of amides is 2. The molecule has 1 saturated heterocycles. The molecule has 2 amide bonds. The number of hydrogen-bond acceptors (Lipinski definition) is 4. The first kappa shape index (κ1) is 20.7. The number of nitrogens with zero attached hydrogens (tertiary/aromatic N) is 3. The van der Waals surface area contributed by atoms with Gasteiger partial charge >= 0.3 is 199 Å². The van der Waals surface area contributed by atoms with Crippen LogP contribution in [0.25, 0.3) is 0 Å². The van der Waals surface area contributed by atoms with Crippen molar-refractivity contribution in [2.75, 3.05) is 19.0 Å². The van der Waals surface area contributed by atoms with Crippen LogP contribution in [0.1, 0.15) is 4.44 Å². The van der Waals surface area contributed by atoms with E-state index in [0.717, 1.165) is 4.44 Å². The molecule has 0 radical (unpaired) electrons. The van der Waals surface area contributed by atoms with E-state index in [1.807, 2.05) is 0 Å². The Balaban J connectivity index is 1.49. The summed E-state index contributed by atoms with van der Waals surface area (Å²) >= 11 is 5.51. The summed E-state index contributed by atoms with van der Waals surface area (Å²) in [6.45, 7) is 0. The quantitative estimate of drug-likeness (QED) is 0.217. The second-order valence-corrected chi connectivity index (χ2v) is 12.5. The van der Waals surface area contributed by atoms with E-state index in [0.29, 0.717) is 6.42 Å². The summed E-state index contributed by atoms with van der Waals surface area (Å²) in [4.78, 5) is 30.7. The molecule has 2 aliphatic heterocycles. The van der Waals surface area contributed by atoms with Gasteiger partial charge in [0.2, 0.25) is 0 Å². The van der Waals surface area contributed by atoms with Crippen LogP contribution in [0.2, 0.25) is 0 Å². The summed E-state index contributed by atoms with van der Waals surface area (Å²) in [6, 6.07) is 21.4. The van der Waals surface area contributed by atoms with Crippen LogP contribution in [0.15, 0.2) is 60.7 Å². The molecule has 0 spiro atoms. The van der Waals surface area contributed by atoms with Crippen LogP contribution in [0.5, 0.6) is 0 Å². The summed E-state index contributed by atoms with van der Waals surface area (Å²) in [5.74, 6) is -1.13. The van der Waals surface area contributed by atoms with Gasteiger partial charge in [0, 0.05) is 0 Å². The van der Waals surface area contributed by atoms with E-state index in [9.17, 15) is 9.59 Å². The van der Waals surface area contributed by atoms with Crippen LogP contribution in [0.3, 0.4) is 0 Å². The molecule has 0 aliphatic carbocycles. The van der Waals surface area contributed by atoms with Crippen LogP contribution < -0.4 is 13.8 Å². The second kappa shape index (κ2) is 8.04. The molecule has 1 aromatic heterocycles. The first-order valence-electron chi connectivity index (χ1n) is 9.79. The predicted octanol–water partition coefficient (Wildman–Crippen LogP) is 1.56. The van der Waals surface area contributed by atoms with E-state index in [2.05, 4.69) is 65.6 Å². The van der Waals surface area contributed by atoms with Gasteiger partial charge < -0.3 is 0 Å². The molecule has 2 aromatic carbocycles. The summed E-state index contributed by atoms with van der Waals surface area (Å²) in [5.41, 5.74) is 2.47. The van der Waals surface area contributed by atoms with Crippen molar-refractivity contribution in [3.8, 4) is 0 Å². The zero-order valence-electron chi connectivity index (χ0n) is 16.9. The van der Waals surface area contributed by atoms with Gasteiger partial charge in [0.1, 0.15) is 0 Å². The van der Waals surface area contributed by atoms with E-state index >= 15 is 0 Å². The number of carbonyl (C=O) groups excluding carboxylic acids is 2. The Morgan fingerprint density at radius 1 is 0.839 bits per heavy atom. The zero-order valence-corrected chi connectivity index (χ0v) is 21.2. The molecule has 1 fully saturated rings. The Bertz CT molecular complexity index is 1160. The number of thiocarbonyl (C=S) groups is 1. The average molecular weight is 559 g/mol. The van der Waals surface area contributed by atoms with Gasteiger partial charge in [0.15, 0.2) is 0 Å². The van der Waals surface area contributed by atoms with Gasteiger partial charge in [0.05, 0.1) is 0 Å². The number of fused-ring (bicyclic) bond motifs is 2. The van der Waals surface area contributed by atoms with Crippen molar-refractivity contribution in [2.45, 2.75) is 6.42 Å². The topological polar surface area (TPSA) is 43.9 Å². The fraction of sp³-hybridized carbons (Fsp3) is 0.174. The Hall–Kier alpha value is -2.21. The van der Waals surface area contributed by atoms with Gasteiger partial charge in [-0.2, -0.15) is 0 Å². The van der Waals surface area contributed by atoms with Crippen molar-refractivity contribution in [1.29, 1.82) is 0 Å². The molecule has 5 rings (SSSR count). The van der Waals surface area contributed by atoms with Crippen LogP contribution in [0, 0.1) is 5.92 Å². The number of benzene rings is 2. The molecule has 3 aromatic rings. The standard InChI is InChI=1S/C23H19N3O2SSe2/c1-24-21(27)15(22(28)25(2)23(24)29)13-14-11-12-20(30-14)26-16-7-3-5-9-18(16)31-19-10-6-4-8-17(19)26/h3-12,15H,13H2,1-2H3. The maximum atomic E-state index is 12.7. The van der Waals surface area contributed by atoms with Gasteiger partial charge in [-0.15, -0.1) is 0 Å². The molecule has 0 N–H and O–H groups in total. The Morgan fingerprint density at radius 2 is 1.39 bits per heavy atom. The Morgan fingerprint density at radius 3 is 1.97 bits per heavy atom. The molecule has 0 bridgehead atoms. The molecule has 8 heteroatoms. The van der Waals surface area contributed by atoms with Crippen LogP contribution in [-0.2, 0) is 16.0 Å². The summed E-state index contributed by atoms with van der Waals surface area (Å²) in [6.07, 6.45) is 0.441. The molecule has 156 valence electrons. The average Bonchev–Trinajstić information content (AvgIpc) is 3.25. The van der Waals surface area contributed by atoms with Crippen LogP contribution in [-0.4, -0.2) is 70.3 Å². The molecule has 2 aliphatic rings. The fourth-order valence-electron chi connectivity index (χ4n) is 3.90. The van der Waals surface area contributed by atoms with Gasteiger partial charge in [-0.25, -0.2) is 0 Å². The van der Waals surface area contributed by atoms with Crippen molar-refractivity contribution in [3.05, 3.63) is 65.1 Å². The molecule has 5 nitrogen and oxygen atoms in total. The third-order valence-electron chi connectivity index (χ3n) is 5.54. The number of hydrogen-bond donors (Lipinski definition) is 0. The van der Waals surface area contributed by atoms with Gasteiger partial charge in [-0.3, -0.25) is 0 Å². The summed E-state index contributed by atoms with van der Waals surface area (Å²) in [7, 11) is 3.28. The first-order chi connectivity index (χ1) is 15.0. The maximum absolute atomic E-state index is 12.7. The van der Waals surface area contributed by atoms with E-state index < -0.39 is 5.92 Å².